The summed E-state index contributed by atoms with van der Waals surface area (Å²) in [6.45, 7) is 0.872. The highest BCUT2D eigenvalue weighted by Gasteiger charge is 2.30. The zero-order valence-corrected chi connectivity index (χ0v) is 12.1. The number of methoxy groups -OCH3 is 1. The molecule has 0 unspecified atom stereocenters. The van der Waals surface area contributed by atoms with Gasteiger partial charge in [0.25, 0.3) is 0 Å². The zero-order chi connectivity index (χ0) is 14.0. The molecule has 0 heterocycles. The van der Waals surface area contributed by atoms with Crippen molar-refractivity contribution in [2.75, 3.05) is 20.7 Å². The van der Waals surface area contributed by atoms with E-state index in [4.69, 9.17) is 10.5 Å². The number of nitrogens with zero attached hydrogens (tertiary/aromatic N) is 1. The first kappa shape index (κ1) is 14.3. The topological polar surface area (TPSA) is 72.6 Å². The Kier molecular flexibility index (Phi) is 4.13. The third-order valence-corrected chi connectivity index (χ3v) is 5.21. The Bertz CT molecular complexity index is 553. The number of rotatable bonds is 6. The van der Waals surface area contributed by atoms with E-state index in [1.165, 1.54) is 11.4 Å². The molecule has 0 aliphatic heterocycles. The highest BCUT2D eigenvalue weighted by Crippen LogP contribution is 2.33. The van der Waals surface area contributed by atoms with Crippen molar-refractivity contribution in [3.8, 4) is 5.75 Å². The molecule has 2 N–H and O–H groups in total. The van der Waals surface area contributed by atoms with Gasteiger partial charge in [0, 0.05) is 20.1 Å². The van der Waals surface area contributed by atoms with Crippen LogP contribution < -0.4 is 10.5 Å². The fourth-order valence-electron chi connectivity index (χ4n) is 1.98. The lowest BCUT2D eigenvalue weighted by Crippen LogP contribution is -2.29. The zero-order valence-electron chi connectivity index (χ0n) is 11.3. The molecule has 0 spiro atoms. The highest BCUT2D eigenvalue weighted by atomic mass is 32.2. The maximum atomic E-state index is 12.5. The van der Waals surface area contributed by atoms with Gasteiger partial charge in [-0.15, -0.1) is 0 Å². The second-order valence-electron chi connectivity index (χ2n) is 4.92. The summed E-state index contributed by atoms with van der Waals surface area (Å²) in [6, 6.07) is 5.02. The minimum absolute atomic E-state index is 0.195. The first-order valence-electron chi connectivity index (χ1n) is 6.32. The Balaban J connectivity index is 2.36. The van der Waals surface area contributed by atoms with E-state index in [0.29, 0.717) is 24.8 Å². The molecule has 106 valence electrons. The van der Waals surface area contributed by atoms with E-state index in [2.05, 4.69) is 0 Å². The summed E-state index contributed by atoms with van der Waals surface area (Å²) in [5.74, 6) is 0.864. The van der Waals surface area contributed by atoms with Gasteiger partial charge in [-0.3, -0.25) is 0 Å². The first-order valence-corrected chi connectivity index (χ1v) is 7.76. The van der Waals surface area contributed by atoms with Crippen molar-refractivity contribution in [2.24, 2.45) is 11.7 Å². The van der Waals surface area contributed by atoms with Crippen LogP contribution in [0.4, 0.5) is 0 Å². The van der Waals surface area contributed by atoms with E-state index in [1.54, 1.807) is 25.2 Å². The van der Waals surface area contributed by atoms with Crippen LogP contribution >= 0.6 is 0 Å². The van der Waals surface area contributed by atoms with Crippen LogP contribution in [-0.4, -0.2) is 33.4 Å². The van der Waals surface area contributed by atoms with Gasteiger partial charge in [-0.05, 0) is 36.5 Å². The molecular formula is C13H20N2O3S. The average Bonchev–Trinajstić information content (AvgIpc) is 3.21. The third kappa shape index (κ3) is 3.08. The number of hydrogen-bond donors (Lipinski definition) is 1. The van der Waals surface area contributed by atoms with E-state index in [9.17, 15) is 8.42 Å². The minimum atomic E-state index is -3.52. The summed E-state index contributed by atoms with van der Waals surface area (Å²) in [5, 5.41) is 0. The Morgan fingerprint density at radius 2 is 2.11 bits per heavy atom. The summed E-state index contributed by atoms with van der Waals surface area (Å²) in [5.41, 5.74) is 6.35. The van der Waals surface area contributed by atoms with Crippen molar-refractivity contribution in [3.05, 3.63) is 23.8 Å². The van der Waals surface area contributed by atoms with Crippen LogP contribution in [-0.2, 0) is 16.6 Å². The number of ether oxygens (including phenoxy) is 1. The fraction of sp³-hybridized carbons (Fsp3) is 0.538. The van der Waals surface area contributed by atoms with Gasteiger partial charge in [-0.1, -0.05) is 6.07 Å². The van der Waals surface area contributed by atoms with Crippen LogP contribution in [0, 0.1) is 5.92 Å². The quantitative estimate of drug-likeness (QED) is 0.851. The van der Waals surface area contributed by atoms with Crippen LogP contribution in [0.15, 0.2) is 23.1 Å². The molecule has 0 amide bonds. The van der Waals surface area contributed by atoms with Crippen LogP contribution in [0.3, 0.4) is 0 Å². The van der Waals surface area contributed by atoms with E-state index in [0.717, 1.165) is 18.4 Å². The number of sulfonamides is 1. The lowest BCUT2D eigenvalue weighted by Gasteiger charge is -2.19. The molecular weight excluding hydrogens is 264 g/mol. The van der Waals surface area contributed by atoms with Gasteiger partial charge in [0.2, 0.25) is 10.0 Å². The smallest absolute Gasteiger partial charge is 0.246 e. The summed E-state index contributed by atoms with van der Waals surface area (Å²) in [7, 11) is -0.434. The molecule has 1 fully saturated rings. The van der Waals surface area contributed by atoms with Gasteiger partial charge in [-0.25, -0.2) is 12.7 Å². The second-order valence-corrected chi connectivity index (χ2v) is 6.93. The van der Waals surface area contributed by atoms with Crippen LogP contribution in [0.25, 0.3) is 0 Å². The number of benzene rings is 1. The van der Waals surface area contributed by atoms with Crippen molar-refractivity contribution in [1.82, 2.24) is 4.31 Å². The normalized spacial score (nSPS) is 15.8. The molecule has 1 aromatic carbocycles. The van der Waals surface area contributed by atoms with Gasteiger partial charge in [0.1, 0.15) is 10.6 Å². The molecule has 1 aliphatic rings. The van der Waals surface area contributed by atoms with Crippen molar-refractivity contribution in [3.63, 3.8) is 0 Å². The molecule has 0 saturated heterocycles. The number of hydrogen-bond acceptors (Lipinski definition) is 4. The lowest BCUT2D eigenvalue weighted by atomic mass is 10.2. The maximum absolute atomic E-state index is 12.5. The first-order chi connectivity index (χ1) is 8.98. The van der Waals surface area contributed by atoms with Crippen molar-refractivity contribution in [2.45, 2.75) is 24.3 Å². The molecule has 5 nitrogen and oxygen atoms in total. The molecule has 0 bridgehead atoms. The van der Waals surface area contributed by atoms with Crippen molar-refractivity contribution < 1.29 is 13.2 Å². The van der Waals surface area contributed by atoms with Gasteiger partial charge in [-0.2, -0.15) is 0 Å². The molecule has 0 atom stereocenters. The lowest BCUT2D eigenvalue weighted by molar-refractivity contribution is 0.396. The largest absolute Gasteiger partial charge is 0.495 e. The molecule has 19 heavy (non-hydrogen) atoms. The third-order valence-electron chi connectivity index (χ3n) is 3.36. The van der Waals surface area contributed by atoms with Crippen LogP contribution in [0.2, 0.25) is 0 Å². The van der Waals surface area contributed by atoms with Crippen LogP contribution in [0.5, 0.6) is 5.75 Å². The van der Waals surface area contributed by atoms with E-state index >= 15 is 0 Å². The summed E-state index contributed by atoms with van der Waals surface area (Å²) in [4.78, 5) is 0.195. The molecule has 1 aliphatic carbocycles. The van der Waals surface area contributed by atoms with Crippen molar-refractivity contribution >= 4 is 10.0 Å². The summed E-state index contributed by atoms with van der Waals surface area (Å²) < 4.78 is 31.7. The van der Waals surface area contributed by atoms with Gasteiger partial charge < -0.3 is 10.5 Å². The van der Waals surface area contributed by atoms with Gasteiger partial charge >= 0.3 is 0 Å². The minimum Gasteiger partial charge on any atom is -0.495 e. The Labute approximate surface area is 114 Å². The molecule has 1 aromatic rings. The average molecular weight is 284 g/mol. The van der Waals surface area contributed by atoms with E-state index in [1.807, 2.05) is 0 Å². The SMILES string of the molecule is COc1ccc(CN)cc1S(=O)(=O)N(C)CC1CC1. The van der Waals surface area contributed by atoms with E-state index in [-0.39, 0.29) is 4.90 Å². The molecule has 0 radical (unpaired) electrons. The summed E-state index contributed by atoms with van der Waals surface area (Å²) in [6.07, 6.45) is 2.22. The van der Waals surface area contributed by atoms with Crippen molar-refractivity contribution in [1.29, 1.82) is 0 Å². The Morgan fingerprint density at radius 3 is 2.63 bits per heavy atom. The molecule has 6 heteroatoms. The van der Waals surface area contributed by atoms with Crippen LogP contribution in [0.1, 0.15) is 18.4 Å². The maximum Gasteiger partial charge on any atom is 0.246 e. The fourth-order valence-corrected chi connectivity index (χ4v) is 3.43. The van der Waals surface area contributed by atoms with Gasteiger partial charge in [0.05, 0.1) is 7.11 Å². The predicted octanol–water partition coefficient (Wildman–Crippen LogP) is 1.18. The standard InChI is InChI=1S/C13H20N2O3S/c1-15(9-10-3-4-10)19(16,17)13-7-11(8-14)5-6-12(13)18-2/h5-7,10H,3-4,8-9,14H2,1-2H3. The van der Waals surface area contributed by atoms with Gasteiger partial charge in [0.15, 0.2) is 0 Å². The second kappa shape index (κ2) is 5.48. The predicted molar refractivity (Wildman–Crippen MR) is 73.4 cm³/mol. The molecule has 1 saturated carbocycles. The monoisotopic (exact) mass is 284 g/mol. The number of nitrogens with two attached hydrogens (primary N) is 1. The highest BCUT2D eigenvalue weighted by molar-refractivity contribution is 7.89. The Morgan fingerprint density at radius 1 is 1.42 bits per heavy atom. The molecule has 2 rings (SSSR count). The van der Waals surface area contributed by atoms with E-state index < -0.39 is 10.0 Å². The molecule has 0 aromatic heterocycles. The summed E-state index contributed by atoms with van der Waals surface area (Å²) >= 11 is 0. The Hall–Kier alpha value is -1.11.